The van der Waals surface area contributed by atoms with Crippen LogP contribution in [0.25, 0.3) is 0 Å². The quantitative estimate of drug-likeness (QED) is 0.484. The summed E-state index contributed by atoms with van der Waals surface area (Å²) < 4.78 is 0.954. The normalized spacial score (nSPS) is 11.3. The number of hydrogen-bond acceptors (Lipinski definition) is 5. The minimum absolute atomic E-state index is 0.122. The second kappa shape index (κ2) is 6.76. The maximum absolute atomic E-state index is 11.7. The van der Waals surface area contributed by atoms with Gasteiger partial charge >= 0.3 is 0 Å². The number of nitrogens with zero attached hydrogens (tertiary/aromatic N) is 3. The predicted molar refractivity (Wildman–Crippen MR) is 81.9 cm³/mol. The van der Waals surface area contributed by atoms with Crippen molar-refractivity contribution in [1.29, 1.82) is 0 Å². The fraction of sp³-hybridized carbons (Fsp3) is 0. The van der Waals surface area contributed by atoms with E-state index in [0.717, 1.165) is 16.1 Å². The second-order valence-corrected chi connectivity index (χ2v) is 4.91. The van der Waals surface area contributed by atoms with Gasteiger partial charge in [0, 0.05) is 10.5 Å². The van der Waals surface area contributed by atoms with Crippen LogP contribution in [0.2, 0.25) is 0 Å². The smallest absolute Gasteiger partial charge is 0.262 e. The van der Waals surface area contributed by atoms with E-state index in [1.165, 1.54) is 24.6 Å². The van der Waals surface area contributed by atoms with E-state index in [9.17, 15) is 15.2 Å². The zero-order valence-electron chi connectivity index (χ0n) is 10.6. The van der Waals surface area contributed by atoms with Gasteiger partial charge in [0.15, 0.2) is 0 Å². The van der Waals surface area contributed by atoms with Gasteiger partial charge in [0.2, 0.25) is 0 Å². The topological polar surface area (TPSA) is 90.9 Å². The summed E-state index contributed by atoms with van der Waals surface area (Å²) in [6.45, 7) is 0. The molecular weight excluding hydrogens is 338 g/mol. The third-order valence-corrected chi connectivity index (χ3v) is 3.09. The molecule has 0 amide bonds. The van der Waals surface area contributed by atoms with Crippen molar-refractivity contribution >= 4 is 34.0 Å². The first-order valence-corrected chi connectivity index (χ1v) is 6.63. The van der Waals surface area contributed by atoms with E-state index in [2.05, 4.69) is 26.1 Å². The van der Waals surface area contributed by atoms with Gasteiger partial charge < -0.3 is 5.11 Å². The molecule has 6 nitrogen and oxygen atoms in total. The Morgan fingerprint density at radius 1 is 1.05 bits per heavy atom. The Hall–Kier alpha value is -2.54. The SMILES string of the molecule is O=[N+]([O-])c1cccc(/C=N\N=C/c2ccc(Br)cc2)c1[O-]. The molecule has 0 aromatic heterocycles. The predicted octanol–water partition coefficient (Wildman–Crippen LogP) is 2.88. The van der Waals surface area contributed by atoms with Gasteiger partial charge in [0.25, 0.3) is 5.69 Å². The molecule has 2 aromatic rings. The van der Waals surface area contributed by atoms with Crippen molar-refractivity contribution in [2.45, 2.75) is 0 Å². The van der Waals surface area contributed by atoms with Gasteiger partial charge in [-0.05, 0) is 29.0 Å². The van der Waals surface area contributed by atoms with Gasteiger partial charge in [0.05, 0.1) is 17.4 Å². The Balaban J connectivity index is 2.13. The highest BCUT2D eigenvalue weighted by molar-refractivity contribution is 9.10. The van der Waals surface area contributed by atoms with E-state index in [1.807, 2.05) is 24.3 Å². The van der Waals surface area contributed by atoms with Crippen LogP contribution in [0.15, 0.2) is 57.1 Å². The molecule has 0 saturated carbocycles. The fourth-order valence-electron chi connectivity index (χ4n) is 1.53. The summed E-state index contributed by atoms with van der Waals surface area (Å²) in [6, 6.07) is 11.5. The van der Waals surface area contributed by atoms with Gasteiger partial charge in [-0.25, -0.2) is 0 Å². The minimum atomic E-state index is -0.717. The van der Waals surface area contributed by atoms with Crippen molar-refractivity contribution in [2.24, 2.45) is 10.2 Å². The van der Waals surface area contributed by atoms with Gasteiger partial charge in [-0.2, -0.15) is 10.2 Å². The molecule has 0 aliphatic rings. The van der Waals surface area contributed by atoms with Crippen LogP contribution in [0, 0.1) is 10.1 Å². The average molecular weight is 347 g/mol. The lowest BCUT2D eigenvalue weighted by Gasteiger charge is -2.08. The minimum Gasteiger partial charge on any atom is -0.867 e. The number of nitro groups is 1. The van der Waals surface area contributed by atoms with Crippen LogP contribution in [-0.4, -0.2) is 17.4 Å². The number of rotatable bonds is 4. The second-order valence-electron chi connectivity index (χ2n) is 3.99. The van der Waals surface area contributed by atoms with Crippen LogP contribution in [0.4, 0.5) is 5.69 Å². The fourth-order valence-corrected chi connectivity index (χ4v) is 1.80. The Kier molecular flexibility index (Phi) is 4.78. The third kappa shape index (κ3) is 3.96. The summed E-state index contributed by atoms with van der Waals surface area (Å²) in [7, 11) is 0. The summed E-state index contributed by atoms with van der Waals surface area (Å²) in [5.74, 6) is -0.676. The molecule has 7 heteroatoms. The lowest BCUT2D eigenvalue weighted by Crippen LogP contribution is -2.01. The standard InChI is InChI=1S/C14H10BrN3O3/c15-12-6-4-10(5-7-12)8-16-17-9-11-2-1-3-13(14(11)19)18(20)21/h1-9,19H/p-1/b16-8-,17-9-. The molecular formula is C14H9BrN3O3-. The molecule has 0 heterocycles. The molecule has 0 aliphatic carbocycles. The summed E-state index contributed by atoms with van der Waals surface area (Å²) in [5, 5.41) is 29.9. The lowest BCUT2D eigenvalue weighted by molar-refractivity contribution is -0.398. The zero-order valence-corrected chi connectivity index (χ0v) is 12.2. The molecule has 0 N–H and O–H groups in total. The third-order valence-electron chi connectivity index (χ3n) is 2.56. The van der Waals surface area contributed by atoms with Crippen molar-refractivity contribution in [3.05, 3.63) is 68.2 Å². The first kappa shape index (κ1) is 14.9. The molecule has 0 saturated heterocycles. The molecule has 2 aromatic carbocycles. The van der Waals surface area contributed by atoms with Gasteiger partial charge in [0.1, 0.15) is 0 Å². The monoisotopic (exact) mass is 346 g/mol. The molecule has 21 heavy (non-hydrogen) atoms. The van der Waals surface area contributed by atoms with Crippen molar-refractivity contribution in [3.63, 3.8) is 0 Å². The van der Waals surface area contributed by atoms with E-state index in [4.69, 9.17) is 0 Å². The van der Waals surface area contributed by atoms with Crippen LogP contribution < -0.4 is 5.11 Å². The molecule has 106 valence electrons. The Morgan fingerprint density at radius 2 is 1.71 bits per heavy atom. The number of hydrogen-bond donors (Lipinski definition) is 0. The summed E-state index contributed by atoms with van der Waals surface area (Å²) >= 11 is 3.32. The van der Waals surface area contributed by atoms with E-state index in [0.29, 0.717) is 0 Å². The zero-order chi connectivity index (χ0) is 15.2. The van der Waals surface area contributed by atoms with Crippen molar-refractivity contribution < 1.29 is 10.0 Å². The summed E-state index contributed by atoms with van der Waals surface area (Å²) in [4.78, 5) is 9.93. The van der Waals surface area contributed by atoms with E-state index in [-0.39, 0.29) is 5.56 Å². The van der Waals surface area contributed by atoms with E-state index < -0.39 is 16.4 Å². The largest absolute Gasteiger partial charge is 0.867 e. The first-order valence-electron chi connectivity index (χ1n) is 5.84. The Bertz CT molecular complexity index is 712. The highest BCUT2D eigenvalue weighted by Gasteiger charge is 2.07. The van der Waals surface area contributed by atoms with Crippen molar-refractivity contribution in [3.8, 4) is 5.75 Å². The molecule has 2 rings (SSSR count). The Labute approximate surface area is 128 Å². The van der Waals surface area contributed by atoms with Crippen LogP contribution >= 0.6 is 15.9 Å². The van der Waals surface area contributed by atoms with Crippen molar-refractivity contribution in [1.82, 2.24) is 0 Å². The Morgan fingerprint density at radius 3 is 2.38 bits per heavy atom. The molecule has 0 fully saturated rings. The number of para-hydroxylation sites is 1. The molecule has 0 aliphatic heterocycles. The highest BCUT2D eigenvalue weighted by Crippen LogP contribution is 2.25. The maximum Gasteiger partial charge on any atom is 0.262 e. The van der Waals surface area contributed by atoms with Crippen LogP contribution in [-0.2, 0) is 0 Å². The molecule has 0 spiro atoms. The first-order chi connectivity index (χ1) is 10.1. The number of halogens is 1. The average Bonchev–Trinajstić information content (AvgIpc) is 2.46. The van der Waals surface area contributed by atoms with Crippen LogP contribution in [0.5, 0.6) is 5.75 Å². The van der Waals surface area contributed by atoms with Gasteiger partial charge in [-0.3, -0.25) is 10.1 Å². The van der Waals surface area contributed by atoms with Crippen LogP contribution in [0.1, 0.15) is 11.1 Å². The number of benzene rings is 2. The lowest BCUT2D eigenvalue weighted by atomic mass is 10.2. The van der Waals surface area contributed by atoms with Crippen LogP contribution in [0.3, 0.4) is 0 Å². The van der Waals surface area contributed by atoms with E-state index >= 15 is 0 Å². The maximum atomic E-state index is 11.7. The molecule has 0 bridgehead atoms. The summed E-state index contributed by atoms with van der Waals surface area (Å²) in [6.07, 6.45) is 2.72. The molecule has 0 unspecified atom stereocenters. The van der Waals surface area contributed by atoms with Gasteiger partial charge in [-0.1, -0.05) is 40.2 Å². The summed E-state index contributed by atoms with van der Waals surface area (Å²) in [5.41, 5.74) is 0.490. The van der Waals surface area contributed by atoms with E-state index in [1.54, 1.807) is 0 Å². The number of nitro benzene ring substituents is 1. The van der Waals surface area contributed by atoms with Crippen molar-refractivity contribution in [2.75, 3.05) is 0 Å². The van der Waals surface area contributed by atoms with Gasteiger partial charge in [-0.15, -0.1) is 0 Å². The molecule has 0 radical (unpaired) electrons. The molecule has 0 atom stereocenters. The highest BCUT2D eigenvalue weighted by atomic mass is 79.9.